The molecule has 1 fully saturated rings. The lowest BCUT2D eigenvalue weighted by molar-refractivity contribution is 0.0685. The quantitative estimate of drug-likeness (QED) is 0.862. The minimum absolute atomic E-state index is 0.424. The third-order valence-electron chi connectivity index (χ3n) is 4.67. The van der Waals surface area contributed by atoms with Gasteiger partial charge in [-0.25, -0.2) is 0 Å². The van der Waals surface area contributed by atoms with Gasteiger partial charge in [0.15, 0.2) is 0 Å². The zero-order valence-corrected chi connectivity index (χ0v) is 15.3. The Morgan fingerprint density at radius 1 is 0.958 bits per heavy atom. The zero-order chi connectivity index (χ0) is 17.4. The highest BCUT2D eigenvalue weighted by molar-refractivity contribution is 5.32. The molecule has 1 heterocycles. The predicted molar refractivity (Wildman–Crippen MR) is 102 cm³/mol. The van der Waals surface area contributed by atoms with E-state index in [2.05, 4.69) is 65.6 Å². The fourth-order valence-electron chi connectivity index (χ4n) is 3.44. The predicted octanol–water partition coefficient (Wildman–Crippen LogP) is 4.69. The van der Waals surface area contributed by atoms with Gasteiger partial charge < -0.3 is 10.0 Å². The summed E-state index contributed by atoms with van der Waals surface area (Å²) in [5, 5.41) is 10.1. The summed E-state index contributed by atoms with van der Waals surface area (Å²) in [5.74, 6) is 0.424. The molecule has 0 bridgehead atoms. The standard InChI is InChI=1S/C20H25NO.C2H6/c1-20(22)13-15-21(16-20)14-12-19(17-8-4-2-5-9-17)18-10-6-3-7-11-18;1-2/h2-11,19,22H,12-16H2,1H3;1-2H3. The maximum absolute atomic E-state index is 10.1. The van der Waals surface area contributed by atoms with Crippen LogP contribution in [0.3, 0.4) is 0 Å². The highest BCUT2D eigenvalue weighted by Gasteiger charge is 2.31. The van der Waals surface area contributed by atoms with E-state index in [-0.39, 0.29) is 0 Å². The number of hydrogen-bond donors (Lipinski definition) is 1. The number of rotatable bonds is 5. The Kier molecular flexibility index (Phi) is 7.01. The van der Waals surface area contributed by atoms with Gasteiger partial charge in [-0.1, -0.05) is 74.5 Å². The maximum Gasteiger partial charge on any atom is 0.0758 e. The molecule has 0 radical (unpaired) electrons. The molecular weight excluding hydrogens is 294 g/mol. The van der Waals surface area contributed by atoms with Crippen molar-refractivity contribution in [1.82, 2.24) is 4.90 Å². The second-order valence-corrected chi connectivity index (χ2v) is 6.69. The van der Waals surface area contributed by atoms with Crippen molar-refractivity contribution in [3.8, 4) is 0 Å². The van der Waals surface area contributed by atoms with E-state index in [1.807, 2.05) is 20.8 Å². The van der Waals surface area contributed by atoms with Gasteiger partial charge in [0, 0.05) is 19.0 Å². The molecule has 2 aromatic carbocycles. The second-order valence-electron chi connectivity index (χ2n) is 6.69. The van der Waals surface area contributed by atoms with Crippen LogP contribution in [0.5, 0.6) is 0 Å². The van der Waals surface area contributed by atoms with Crippen LogP contribution in [0.2, 0.25) is 0 Å². The van der Waals surface area contributed by atoms with Gasteiger partial charge >= 0.3 is 0 Å². The summed E-state index contributed by atoms with van der Waals surface area (Å²) < 4.78 is 0. The number of nitrogens with zero attached hydrogens (tertiary/aromatic N) is 1. The van der Waals surface area contributed by atoms with E-state index in [1.165, 1.54) is 11.1 Å². The monoisotopic (exact) mass is 325 g/mol. The van der Waals surface area contributed by atoms with Crippen LogP contribution in [-0.2, 0) is 0 Å². The molecule has 1 atom stereocenters. The Labute approximate surface area is 147 Å². The SMILES string of the molecule is CC.CC1(O)CCN(CCC(c2ccccc2)c2ccccc2)C1. The van der Waals surface area contributed by atoms with E-state index in [9.17, 15) is 5.11 Å². The first-order valence-electron chi connectivity index (χ1n) is 9.19. The molecule has 24 heavy (non-hydrogen) atoms. The molecule has 1 saturated heterocycles. The van der Waals surface area contributed by atoms with E-state index < -0.39 is 5.60 Å². The number of benzene rings is 2. The summed E-state index contributed by atoms with van der Waals surface area (Å²) in [6.07, 6.45) is 1.97. The van der Waals surface area contributed by atoms with E-state index >= 15 is 0 Å². The molecule has 130 valence electrons. The van der Waals surface area contributed by atoms with Crippen LogP contribution in [0, 0.1) is 0 Å². The van der Waals surface area contributed by atoms with Crippen molar-refractivity contribution in [2.45, 2.75) is 45.1 Å². The van der Waals surface area contributed by atoms with Crippen molar-refractivity contribution >= 4 is 0 Å². The molecular formula is C22H31NO. The summed E-state index contributed by atoms with van der Waals surface area (Å²) in [5.41, 5.74) is 2.24. The molecule has 1 aliphatic rings. The third-order valence-corrected chi connectivity index (χ3v) is 4.67. The average molecular weight is 325 g/mol. The zero-order valence-electron chi connectivity index (χ0n) is 15.3. The third kappa shape index (κ3) is 5.19. The van der Waals surface area contributed by atoms with Crippen LogP contribution in [0.4, 0.5) is 0 Å². The molecule has 0 amide bonds. The van der Waals surface area contributed by atoms with Gasteiger partial charge in [0.25, 0.3) is 0 Å². The van der Waals surface area contributed by atoms with Gasteiger partial charge in [0.1, 0.15) is 0 Å². The molecule has 0 aliphatic carbocycles. The Morgan fingerprint density at radius 2 is 1.46 bits per heavy atom. The summed E-state index contributed by atoms with van der Waals surface area (Å²) in [4.78, 5) is 2.39. The van der Waals surface area contributed by atoms with Gasteiger partial charge in [0.2, 0.25) is 0 Å². The molecule has 2 aromatic rings. The maximum atomic E-state index is 10.1. The number of hydrogen-bond acceptors (Lipinski definition) is 2. The lowest BCUT2D eigenvalue weighted by Crippen LogP contribution is -2.30. The van der Waals surface area contributed by atoms with Crippen molar-refractivity contribution in [2.75, 3.05) is 19.6 Å². The van der Waals surface area contributed by atoms with Crippen molar-refractivity contribution in [3.05, 3.63) is 71.8 Å². The van der Waals surface area contributed by atoms with Crippen LogP contribution < -0.4 is 0 Å². The molecule has 0 spiro atoms. The van der Waals surface area contributed by atoms with Gasteiger partial charge in [-0.05, 0) is 37.4 Å². The molecule has 1 unspecified atom stereocenters. The molecule has 0 aromatic heterocycles. The largest absolute Gasteiger partial charge is 0.389 e. The molecule has 0 saturated carbocycles. The van der Waals surface area contributed by atoms with Gasteiger partial charge in [-0.2, -0.15) is 0 Å². The highest BCUT2D eigenvalue weighted by Crippen LogP contribution is 2.29. The van der Waals surface area contributed by atoms with Crippen LogP contribution >= 0.6 is 0 Å². The number of aliphatic hydroxyl groups is 1. The Hall–Kier alpha value is -1.64. The fraction of sp³-hybridized carbons (Fsp3) is 0.455. The molecule has 1 aliphatic heterocycles. The lowest BCUT2D eigenvalue weighted by Gasteiger charge is -2.23. The summed E-state index contributed by atoms with van der Waals surface area (Å²) in [7, 11) is 0. The Balaban J connectivity index is 0.00000100. The number of likely N-dealkylation sites (tertiary alicyclic amines) is 1. The smallest absolute Gasteiger partial charge is 0.0758 e. The van der Waals surface area contributed by atoms with E-state index in [0.29, 0.717) is 5.92 Å². The van der Waals surface area contributed by atoms with E-state index in [1.54, 1.807) is 0 Å². The Bertz CT molecular complexity index is 540. The van der Waals surface area contributed by atoms with E-state index in [0.717, 1.165) is 32.5 Å². The van der Waals surface area contributed by atoms with Crippen molar-refractivity contribution < 1.29 is 5.11 Å². The van der Waals surface area contributed by atoms with Crippen LogP contribution in [0.1, 0.15) is 50.7 Å². The lowest BCUT2D eigenvalue weighted by atomic mass is 9.88. The first kappa shape index (κ1) is 18.7. The summed E-state index contributed by atoms with van der Waals surface area (Å²) >= 11 is 0. The first-order chi connectivity index (χ1) is 11.6. The van der Waals surface area contributed by atoms with Crippen LogP contribution in [-0.4, -0.2) is 35.2 Å². The second kappa shape index (κ2) is 9.00. The fourth-order valence-corrected chi connectivity index (χ4v) is 3.44. The minimum atomic E-state index is -0.505. The normalized spacial score (nSPS) is 20.7. The van der Waals surface area contributed by atoms with Gasteiger partial charge in [-0.3, -0.25) is 0 Å². The minimum Gasteiger partial charge on any atom is -0.389 e. The van der Waals surface area contributed by atoms with Crippen molar-refractivity contribution in [1.29, 1.82) is 0 Å². The summed E-state index contributed by atoms with van der Waals surface area (Å²) in [6, 6.07) is 21.5. The molecule has 2 nitrogen and oxygen atoms in total. The van der Waals surface area contributed by atoms with Gasteiger partial charge in [0.05, 0.1) is 5.60 Å². The summed E-state index contributed by atoms with van der Waals surface area (Å²) in [6.45, 7) is 8.77. The Morgan fingerprint density at radius 3 is 1.88 bits per heavy atom. The average Bonchev–Trinajstić information content (AvgIpc) is 2.98. The molecule has 3 rings (SSSR count). The van der Waals surface area contributed by atoms with Gasteiger partial charge in [-0.15, -0.1) is 0 Å². The molecule has 1 N–H and O–H groups in total. The number of β-amino-alcohol motifs (C(OH)–C–C–N with tert-alkyl or cyclic N) is 1. The first-order valence-corrected chi connectivity index (χ1v) is 9.19. The van der Waals surface area contributed by atoms with Crippen LogP contribution in [0.25, 0.3) is 0 Å². The van der Waals surface area contributed by atoms with Crippen LogP contribution in [0.15, 0.2) is 60.7 Å². The highest BCUT2D eigenvalue weighted by atomic mass is 16.3. The van der Waals surface area contributed by atoms with Crippen molar-refractivity contribution in [2.24, 2.45) is 0 Å². The molecule has 2 heteroatoms. The van der Waals surface area contributed by atoms with Crippen molar-refractivity contribution in [3.63, 3.8) is 0 Å². The topological polar surface area (TPSA) is 23.5 Å². The van der Waals surface area contributed by atoms with E-state index in [4.69, 9.17) is 0 Å².